The lowest BCUT2D eigenvalue weighted by Crippen LogP contribution is -2.49. The second kappa shape index (κ2) is 7.70. The molecule has 3 atom stereocenters. The molecule has 2 amide bonds. The van der Waals surface area contributed by atoms with E-state index >= 15 is 0 Å². The predicted molar refractivity (Wildman–Crippen MR) is 118 cm³/mol. The first-order valence-corrected chi connectivity index (χ1v) is 10.8. The minimum Gasteiger partial charge on any atom is -0.489 e. The Morgan fingerprint density at radius 3 is 2.45 bits per heavy atom. The molecule has 31 heavy (non-hydrogen) atoms. The van der Waals surface area contributed by atoms with Gasteiger partial charge in [0.15, 0.2) is 0 Å². The standard InChI is InChI=1S/C24H31N3O4/c1-23(2,3)31-22(29)27-12-17-18(13-27)20(17)21(28)26-24(4,5)14-30-19-11-25-10-15-8-6-7-9-16(15)19/h6-11,17-18,20H,12-14H2,1-5H3,(H,26,28)/t17-,18?,20?/m1/s1. The summed E-state index contributed by atoms with van der Waals surface area (Å²) < 4.78 is 11.5. The van der Waals surface area contributed by atoms with E-state index in [2.05, 4.69) is 10.3 Å². The van der Waals surface area contributed by atoms with E-state index in [1.165, 1.54) is 0 Å². The minimum absolute atomic E-state index is 0.0310. The number of fused-ring (bicyclic) bond motifs is 2. The van der Waals surface area contributed by atoms with Crippen molar-refractivity contribution in [3.63, 3.8) is 0 Å². The van der Waals surface area contributed by atoms with Gasteiger partial charge >= 0.3 is 6.09 Å². The Bertz CT molecular complexity index is 980. The largest absolute Gasteiger partial charge is 0.489 e. The number of piperidine rings is 1. The zero-order chi connectivity index (χ0) is 22.4. The number of ether oxygens (including phenoxy) is 2. The summed E-state index contributed by atoms with van der Waals surface area (Å²) in [5.41, 5.74) is -1.04. The van der Waals surface area contributed by atoms with Gasteiger partial charge in [0, 0.05) is 36.0 Å². The first-order valence-electron chi connectivity index (χ1n) is 10.8. The molecule has 2 aliphatic rings. The van der Waals surface area contributed by atoms with Crippen molar-refractivity contribution in [3.8, 4) is 5.75 Å². The average molecular weight is 426 g/mol. The molecule has 1 aromatic heterocycles. The number of carbonyl (C=O) groups is 2. The first kappa shape index (κ1) is 21.4. The molecule has 1 N–H and O–H groups in total. The lowest BCUT2D eigenvalue weighted by molar-refractivity contribution is -0.125. The number of hydrogen-bond donors (Lipinski definition) is 1. The highest BCUT2D eigenvalue weighted by molar-refractivity contribution is 5.87. The van der Waals surface area contributed by atoms with Gasteiger partial charge in [-0.15, -0.1) is 0 Å². The van der Waals surface area contributed by atoms with Gasteiger partial charge in [0.1, 0.15) is 18.0 Å². The monoisotopic (exact) mass is 425 g/mol. The fraction of sp³-hybridized carbons (Fsp3) is 0.542. The van der Waals surface area contributed by atoms with Crippen LogP contribution in [0.1, 0.15) is 34.6 Å². The Labute approximate surface area is 183 Å². The van der Waals surface area contributed by atoms with Crippen molar-refractivity contribution >= 4 is 22.8 Å². The van der Waals surface area contributed by atoms with Crippen LogP contribution in [-0.2, 0) is 9.53 Å². The van der Waals surface area contributed by atoms with Crippen LogP contribution in [0.2, 0.25) is 0 Å². The lowest BCUT2D eigenvalue weighted by atomic mass is 10.1. The van der Waals surface area contributed by atoms with Crippen LogP contribution in [0.4, 0.5) is 4.79 Å². The number of aromatic nitrogens is 1. The van der Waals surface area contributed by atoms with Crippen LogP contribution in [-0.4, -0.2) is 52.7 Å². The molecule has 7 heteroatoms. The van der Waals surface area contributed by atoms with Gasteiger partial charge in [0.2, 0.25) is 5.91 Å². The molecule has 1 saturated heterocycles. The van der Waals surface area contributed by atoms with Crippen molar-refractivity contribution < 1.29 is 19.1 Å². The number of nitrogens with zero attached hydrogens (tertiary/aromatic N) is 2. The second-order valence-electron chi connectivity index (χ2n) is 10.3. The van der Waals surface area contributed by atoms with Crippen molar-refractivity contribution in [3.05, 3.63) is 36.7 Å². The lowest BCUT2D eigenvalue weighted by Gasteiger charge is -2.28. The van der Waals surface area contributed by atoms with Gasteiger partial charge in [-0.2, -0.15) is 0 Å². The maximum atomic E-state index is 12.8. The molecule has 1 aliphatic carbocycles. The Morgan fingerprint density at radius 1 is 1.10 bits per heavy atom. The summed E-state index contributed by atoms with van der Waals surface area (Å²) in [6.45, 7) is 11.0. The summed E-state index contributed by atoms with van der Waals surface area (Å²) in [6, 6.07) is 7.93. The van der Waals surface area contributed by atoms with Gasteiger partial charge in [0.05, 0.1) is 11.7 Å². The average Bonchev–Trinajstić information content (AvgIpc) is 3.19. The molecule has 4 rings (SSSR count). The van der Waals surface area contributed by atoms with Crippen LogP contribution in [0.5, 0.6) is 5.75 Å². The second-order valence-corrected chi connectivity index (χ2v) is 10.3. The molecule has 2 fully saturated rings. The number of rotatable bonds is 5. The van der Waals surface area contributed by atoms with E-state index in [1.807, 2.05) is 65.1 Å². The van der Waals surface area contributed by atoms with Gasteiger partial charge in [-0.05, 0) is 46.5 Å². The summed E-state index contributed by atoms with van der Waals surface area (Å²) >= 11 is 0. The Balaban J connectivity index is 1.29. The Kier molecular flexibility index (Phi) is 5.31. The van der Waals surface area contributed by atoms with Crippen LogP contribution in [0.15, 0.2) is 36.7 Å². The summed E-state index contributed by atoms with van der Waals surface area (Å²) in [6.07, 6.45) is 3.22. The molecular formula is C24H31N3O4. The van der Waals surface area contributed by atoms with E-state index in [-0.39, 0.29) is 29.8 Å². The molecule has 166 valence electrons. The summed E-state index contributed by atoms with van der Waals surface area (Å²) in [5.74, 6) is 1.12. The highest BCUT2D eigenvalue weighted by Gasteiger charge is 2.61. The molecule has 2 heterocycles. The Hall–Kier alpha value is -2.83. The number of amides is 2. The quantitative estimate of drug-likeness (QED) is 0.791. The van der Waals surface area contributed by atoms with Gasteiger partial charge in [0.25, 0.3) is 0 Å². The number of pyridine rings is 1. The topological polar surface area (TPSA) is 80.8 Å². The van der Waals surface area contributed by atoms with Gasteiger partial charge in [-0.1, -0.05) is 24.3 Å². The third-order valence-electron chi connectivity index (χ3n) is 5.83. The van der Waals surface area contributed by atoms with Gasteiger partial charge in [-0.25, -0.2) is 4.79 Å². The highest BCUT2D eigenvalue weighted by atomic mass is 16.6. The number of hydrogen-bond acceptors (Lipinski definition) is 5. The molecule has 0 bridgehead atoms. The summed E-state index contributed by atoms with van der Waals surface area (Å²) in [7, 11) is 0. The van der Waals surface area contributed by atoms with Crippen molar-refractivity contribution in [2.24, 2.45) is 17.8 Å². The molecule has 2 aromatic rings. The zero-order valence-electron chi connectivity index (χ0n) is 18.8. The van der Waals surface area contributed by atoms with E-state index in [0.717, 1.165) is 10.8 Å². The third kappa shape index (κ3) is 4.75. The normalized spacial score (nSPS) is 22.7. The molecular weight excluding hydrogens is 394 g/mol. The molecule has 1 aromatic carbocycles. The van der Waals surface area contributed by atoms with Crippen molar-refractivity contribution in [2.75, 3.05) is 19.7 Å². The molecule has 1 saturated carbocycles. The number of nitrogens with one attached hydrogen (secondary N) is 1. The minimum atomic E-state index is -0.532. The van der Waals surface area contributed by atoms with E-state index < -0.39 is 11.1 Å². The van der Waals surface area contributed by atoms with Gasteiger partial charge in [-0.3, -0.25) is 9.78 Å². The van der Waals surface area contributed by atoms with Crippen LogP contribution in [0.3, 0.4) is 0 Å². The number of carbonyl (C=O) groups excluding carboxylic acids is 2. The maximum absolute atomic E-state index is 12.8. The van der Waals surface area contributed by atoms with Crippen LogP contribution in [0, 0.1) is 17.8 Å². The first-order chi connectivity index (χ1) is 14.5. The van der Waals surface area contributed by atoms with Crippen molar-refractivity contribution in [1.82, 2.24) is 15.2 Å². The summed E-state index contributed by atoms with van der Waals surface area (Å²) in [4.78, 5) is 31.0. The van der Waals surface area contributed by atoms with Crippen LogP contribution >= 0.6 is 0 Å². The van der Waals surface area contributed by atoms with Crippen LogP contribution < -0.4 is 10.1 Å². The molecule has 0 spiro atoms. The molecule has 1 aliphatic heterocycles. The smallest absolute Gasteiger partial charge is 0.410 e. The number of likely N-dealkylation sites (tertiary alicyclic amines) is 1. The van der Waals surface area contributed by atoms with E-state index in [0.29, 0.717) is 25.4 Å². The third-order valence-corrected chi connectivity index (χ3v) is 5.83. The predicted octanol–water partition coefficient (Wildman–Crippen LogP) is 3.62. The Morgan fingerprint density at radius 2 is 1.77 bits per heavy atom. The number of benzene rings is 1. The van der Waals surface area contributed by atoms with E-state index in [1.54, 1.807) is 11.1 Å². The van der Waals surface area contributed by atoms with Crippen LogP contribution in [0.25, 0.3) is 10.8 Å². The van der Waals surface area contributed by atoms with E-state index in [9.17, 15) is 9.59 Å². The molecule has 0 radical (unpaired) electrons. The zero-order valence-corrected chi connectivity index (χ0v) is 18.8. The fourth-order valence-corrected chi connectivity index (χ4v) is 4.31. The molecule has 2 unspecified atom stereocenters. The maximum Gasteiger partial charge on any atom is 0.410 e. The highest BCUT2D eigenvalue weighted by Crippen LogP contribution is 2.52. The van der Waals surface area contributed by atoms with E-state index in [4.69, 9.17) is 9.47 Å². The fourth-order valence-electron chi connectivity index (χ4n) is 4.31. The van der Waals surface area contributed by atoms with Gasteiger partial charge < -0.3 is 19.7 Å². The van der Waals surface area contributed by atoms with Crippen molar-refractivity contribution in [1.29, 1.82) is 0 Å². The van der Waals surface area contributed by atoms with Crippen molar-refractivity contribution in [2.45, 2.75) is 45.8 Å². The SMILES string of the molecule is CC(C)(COc1cncc2ccccc12)NC(=O)C1C2CN(C(=O)OC(C)(C)C)C[C@H]21. The molecule has 7 nitrogen and oxygen atoms in total. The summed E-state index contributed by atoms with van der Waals surface area (Å²) in [5, 5.41) is 5.14.